The highest BCUT2D eigenvalue weighted by Crippen LogP contribution is 2.23. The van der Waals surface area contributed by atoms with Crippen LogP contribution in [0.3, 0.4) is 0 Å². The third-order valence-corrected chi connectivity index (χ3v) is 4.21. The maximum absolute atomic E-state index is 11.6. The van der Waals surface area contributed by atoms with Crippen LogP contribution in [0.25, 0.3) is 0 Å². The van der Waals surface area contributed by atoms with Gasteiger partial charge in [-0.1, -0.05) is 46.1 Å². The second-order valence-corrected chi connectivity index (χ2v) is 6.32. The molecule has 0 amide bonds. The summed E-state index contributed by atoms with van der Waals surface area (Å²) in [5, 5.41) is 28.0. The second kappa shape index (κ2) is 12.1. The van der Waals surface area contributed by atoms with Crippen molar-refractivity contribution in [2.24, 2.45) is 5.92 Å². The lowest BCUT2D eigenvalue weighted by atomic mass is 9.92. The average Bonchev–Trinajstić information content (AvgIpc) is 2.55. The number of allylic oxidation sites excluding steroid dienone is 3. The molecule has 0 aromatic carbocycles. The summed E-state index contributed by atoms with van der Waals surface area (Å²) in [4.78, 5) is 34.2. The largest absolute Gasteiger partial charge is 0.478 e. The van der Waals surface area contributed by atoms with Crippen LogP contribution in [0.4, 0.5) is 0 Å². The second-order valence-electron chi connectivity index (χ2n) is 6.32. The molecule has 0 aromatic rings. The molecule has 146 valence electrons. The van der Waals surface area contributed by atoms with Crippen LogP contribution in [0.5, 0.6) is 0 Å². The molecule has 0 aromatic heterocycles. The van der Waals surface area contributed by atoms with E-state index in [-0.39, 0.29) is 16.7 Å². The van der Waals surface area contributed by atoms with Crippen LogP contribution in [0.2, 0.25) is 0 Å². The molecule has 0 heterocycles. The SMILES string of the molecule is CCCCCCC(C(=O)O)=C(C=C(C(=O)O)C(C)C=C(C)C(=O)O)CC. The Balaban J connectivity index is 5.85. The van der Waals surface area contributed by atoms with Crippen LogP contribution >= 0.6 is 0 Å². The van der Waals surface area contributed by atoms with Crippen LogP contribution in [0.15, 0.2) is 34.4 Å². The summed E-state index contributed by atoms with van der Waals surface area (Å²) in [6.07, 6.45) is 7.27. The number of carbonyl (C=O) groups is 3. The quantitative estimate of drug-likeness (QED) is 0.268. The molecule has 0 fully saturated rings. The van der Waals surface area contributed by atoms with E-state index < -0.39 is 23.8 Å². The van der Waals surface area contributed by atoms with Crippen molar-refractivity contribution in [1.29, 1.82) is 0 Å². The summed E-state index contributed by atoms with van der Waals surface area (Å²) in [5.41, 5.74) is 0.729. The Bertz CT molecular complexity index is 610. The van der Waals surface area contributed by atoms with E-state index in [0.29, 0.717) is 18.4 Å². The molecule has 0 radical (unpaired) electrons. The van der Waals surface area contributed by atoms with Crippen molar-refractivity contribution < 1.29 is 29.7 Å². The Morgan fingerprint density at radius 3 is 1.96 bits per heavy atom. The first-order chi connectivity index (χ1) is 12.1. The van der Waals surface area contributed by atoms with E-state index in [1.165, 1.54) is 19.1 Å². The molecule has 6 nitrogen and oxygen atoms in total. The number of aliphatic carboxylic acids is 3. The van der Waals surface area contributed by atoms with E-state index in [4.69, 9.17) is 5.11 Å². The monoisotopic (exact) mass is 366 g/mol. The molecule has 1 unspecified atom stereocenters. The van der Waals surface area contributed by atoms with E-state index in [1.54, 1.807) is 13.8 Å². The minimum Gasteiger partial charge on any atom is -0.478 e. The first-order valence-electron chi connectivity index (χ1n) is 8.97. The van der Waals surface area contributed by atoms with Crippen molar-refractivity contribution in [2.75, 3.05) is 0 Å². The van der Waals surface area contributed by atoms with Crippen LogP contribution in [-0.4, -0.2) is 33.2 Å². The highest BCUT2D eigenvalue weighted by molar-refractivity contribution is 5.92. The van der Waals surface area contributed by atoms with Gasteiger partial charge in [0.15, 0.2) is 0 Å². The number of unbranched alkanes of at least 4 members (excludes halogenated alkanes) is 3. The van der Waals surface area contributed by atoms with Gasteiger partial charge in [-0.05, 0) is 37.8 Å². The zero-order valence-electron chi connectivity index (χ0n) is 16.0. The molecule has 0 aliphatic rings. The van der Waals surface area contributed by atoms with Gasteiger partial charge in [-0.15, -0.1) is 0 Å². The van der Waals surface area contributed by atoms with Gasteiger partial charge in [-0.3, -0.25) is 0 Å². The first-order valence-corrected chi connectivity index (χ1v) is 8.97. The Morgan fingerprint density at radius 1 is 0.923 bits per heavy atom. The summed E-state index contributed by atoms with van der Waals surface area (Å²) in [5.74, 6) is -3.99. The van der Waals surface area contributed by atoms with Gasteiger partial charge in [-0.25, -0.2) is 14.4 Å². The number of hydrogen-bond donors (Lipinski definition) is 3. The third kappa shape index (κ3) is 8.14. The molecule has 0 saturated carbocycles. The van der Waals surface area contributed by atoms with Crippen molar-refractivity contribution in [3.63, 3.8) is 0 Å². The van der Waals surface area contributed by atoms with Gasteiger partial charge in [0.1, 0.15) is 0 Å². The zero-order chi connectivity index (χ0) is 20.3. The molecular formula is C20H30O6. The van der Waals surface area contributed by atoms with Gasteiger partial charge < -0.3 is 15.3 Å². The normalized spacial score (nSPS) is 14.6. The summed E-state index contributed by atoms with van der Waals surface area (Å²) >= 11 is 0. The number of hydrogen-bond acceptors (Lipinski definition) is 3. The molecule has 0 rings (SSSR count). The summed E-state index contributed by atoms with van der Waals surface area (Å²) in [7, 11) is 0. The molecule has 0 saturated heterocycles. The molecule has 0 aliphatic heterocycles. The molecule has 26 heavy (non-hydrogen) atoms. The molecule has 6 heteroatoms. The number of carboxylic acid groups (broad SMARTS) is 3. The maximum atomic E-state index is 11.6. The van der Waals surface area contributed by atoms with Crippen molar-refractivity contribution in [1.82, 2.24) is 0 Å². The Kier molecular flexibility index (Phi) is 11.0. The lowest BCUT2D eigenvalue weighted by molar-refractivity contribution is -0.134. The summed E-state index contributed by atoms with van der Waals surface area (Å²) in [6, 6.07) is 0. The van der Waals surface area contributed by atoms with E-state index in [1.807, 2.05) is 0 Å². The first kappa shape index (κ1) is 23.6. The van der Waals surface area contributed by atoms with Crippen LogP contribution < -0.4 is 0 Å². The Morgan fingerprint density at radius 2 is 1.54 bits per heavy atom. The van der Waals surface area contributed by atoms with Gasteiger partial charge in [-0.2, -0.15) is 0 Å². The van der Waals surface area contributed by atoms with Crippen LogP contribution in [-0.2, 0) is 14.4 Å². The Labute approximate surface area is 154 Å². The molecule has 1 atom stereocenters. The van der Waals surface area contributed by atoms with Gasteiger partial charge in [0, 0.05) is 22.6 Å². The summed E-state index contributed by atoms with van der Waals surface area (Å²) < 4.78 is 0. The van der Waals surface area contributed by atoms with Crippen LogP contribution in [0.1, 0.15) is 66.2 Å². The Hall–Kier alpha value is -2.37. The number of carboxylic acids is 3. The molecule has 0 bridgehead atoms. The van der Waals surface area contributed by atoms with Gasteiger partial charge in [0.05, 0.1) is 0 Å². The van der Waals surface area contributed by atoms with E-state index >= 15 is 0 Å². The minimum atomic E-state index is -1.19. The van der Waals surface area contributed by atoms with E-state index in [2.05, 4.69) is 6.92 Å². The lowest BCUT2D eigenvalue weighted by Crippen LogP contribution is -2.12. The predicted molar refractivity (Wildman–Crippen MR) is 100.0 cm³/mol. The minimum absolute atomic E-state index is 0.0187. The van der Waals surface area contributed by atoms with Gasteiger partial charge >= 0.3 is 17.9 Å². The van der Waals surface area contributed by atoms with E-state index in [9.17, 15) is 24.6 Å². The third-order valence-electron chi connectivity index (χ3n) is 4.21. The van der Waals surface area contributed by atoms with Crippen molar-refractivity contribution in [2.45, 2.75) is 66.2 Å². The van der Waals surface area contributed by atoms with Gasteiger partial charge in [0.25, 0.3) is 0 Å². The fourth-order valence-electron chi connectivity index (χ4n) is 2.65. The highest BCUT2D eigenvalue weighted by atomic mass is 16.4. The topological polar surface area (TPSA) is 112 Å². The zero-order valence-corrected chi connectivity index (χ0v) is 16.0. The average molecular weight is 366 g/mol. The number of rotatable bonds is 12. The van der Waals surface area contributed by atoms with Gasteiger partial charge in [0.2, 0.25) is 0 Å². The van der Waals surface area contributed by atoms with Crippen molar-refractivity contribution in [3.8, 4) is 0 Å². The standard InChI is InChI=1S/C20H30O6/c1-5-7-8-9-10-16(19(23)24)15(6-2)12-17(20(25)26)13(3)11-14(4)18(21)22/h11-13H,5-10H2,1-4H3,(H,21,22)(H,23,24)(H,25,26). The van der Waals surface area contributed by atoms with Crippen LogP contribution in [0, 0.1) is 5.92 Å². The highest BCUT2D eigenvalue weighted by Gasteiger charge is 2.19. The molecular weight excluding hydrogens is 336 g/mol. The van der Waals surface area contributed by atoms with E-state index in [0.717, 1.165) is 25.7 Å². The van der Waals surface area contributed by atoms with Crippen molar-refractivity contribution >= 4 is 17.9 Å². The van der Waals surface area contributed by atoms with Crippen molar-refractivity contribution in [3.05, 3.63) is 34.4 Å². The lowest BCUT2D eigenvalue weighted by Gasteiger charge is -2.12. The maximum Gasteiger partial charge on any atom is 0.332 e. The molecule has 0 spiro atoms. The smallest absolute Gasteiger partial charge is 0.332 e. The fourth-order valence-corrected chi connectivity index (χ4v) is 2.65. The fraction of sp³-hybridized carbons (Fsp3) is 0.550. The molecule has 0 aliphatic carbocycles. The molecule has 3 N–H and O–H groups in total. The predicted octanol–water partition coefficient (Wildman–Crippen LogP) is 4.43. The summed E-state index contributed by atoms with van der Waals surface area (Å²) in [6.45, 7) is 6.83.